The summed E-state index contributed by atoms with van der Waals surface area (Å²) in [5.74, 6) is 0. The minimum atomic E-state index is 0.331. The molecule has 1 aromatic rings. The van der Waals surface area contributed by atoms with Gasteiger partial charge < -0.3 is 10.1 Å². The Kier molecular flexibility index (Phi) is 3.31. The minimum absolute atomic E-state index is 0.331. The molecule has 0 spiro atoms. The van der Waals surface area contributed by atoms with Gasteiger partial charge in [0.05, 0.1) is 7.11 Å². The van der Waals surface area contributed by atoms with Crippen molar-refractivity contribution in [2.75, 3.05) is 12.4 Å². The van der Waals surface area contributed by atoms with Gasteiger partial charge in [0.15, 0.2) is 0 Å². The van der Waals surface area contributed by atoms with E-state index in [0.29, 0.717) is 10.2 Å². The standard InChI is InChI=1S/C8H8ClNOS/c1-11-8(12)10-7-4-2-3-6(9)5-7/h2-5H,1H3,(H,10,12). The van der Waals surface area contributed by atoms with Crippen molar-refractivity contribution in [3.8, 4) is 0 Å². The Morgan fingerprint density at radius 3 is 2.92 bits per heavy atom. The van der Waals surface area contributed by atoms with Crippen LogP contribution in [0.25, 0.3) is 0 Å². The van der Waals surface area contributed by atoms with Gasteiger partial charge in [-0.15, -0.1) is 0 Å². The molecule has 0 unspecified atom stereocenters. The second kappa shape index (κ2) is 4.28. The zero-order valence-electron chi connectivity index (χ0n) is 6.50. The molecule has 1 aromatic carbocycles. The molecule has 0 heterocycles. The fraction of sp³-hybridized carbons (Fsp3) is 0.125. The largest absolute Gasteiger partial charge is 0.474 e. The molecule has 2 nitrogen and oxygen atoms in total. The number of halogens is 1. The molecular weight excluding hydrogens is 194 g/mol. The van der Waals surface area contributed by atoms with Crippen molar-refractivity contribution in [3.63, 3.8) is 0 Å². The molecule has 0 atom stereocenters. The molecule has 0 saturated carbocycles. The average molecular weight is 202 g/mol. The minimum Gasteiger partial charge on any atom is -0.474 e. The van der Waals surface area contributed by atoms with E-state index >= 15 is 0 Å². The zero-order chi connectivity index (χ0) is 8.97. The van der Waals surface area contributed by atoms with Crippen molar-refractivity contribution in [2.45, 2.75) is 0 Å². The van der Waals surface area contributed by atoms with E-state index in [4.69, 9.17) is 28.6 Å². The highest BCUT2D eigenvalue weighted by Crippen LogP contribution is 2.14. The first-order valence-electron chi connectivity index (χ1n) is 3.33. The summed E-state index contributed by atoms with van der Waals surface area (Å²) in [6.45, 7) is 0. The van der Waals surface area contributed by atoms with Gasteiger partial charge in [-0.2, -0.15) is 0 Å². The van der Waals surface area contributed by atoms with E-state index in [2.05, 4.69) is 5.32 Å². The lowest BCUT2D eigenvalue weighted by molar-refractivity contribution is 0.413. The predicted molar refractivity (Wildman–Crippen MR) is 54.7 cm³/mol. The van der Waals surface area contributed by atoms with Gasteiger partial charge in [-0.1, -0.05) is 17.7 Å². The summed E-state index contributed by atoms with van der Waals surface area (Å²) in [6.07, 6.45) is 0. The van der Waals surface area contributed by atoms with Crippen LogP contribution in [0.5, 0.6) is 0 Å². The number of hydrogen-bond acceptors (Lipinski definition) is 2. The SMILES string of the molecule is COC(=S)Nc1cccc(Cl)c1. The molecule has 0 radical (unpaired) electrons. The molecule has 4 heteroatoms. The fourth-order valence-corrected chi connectivity index (χ4v) is 1.04. The van der Waals surface area contributed by atoms with Gasteiger partial charge in [0.25, 0.3) is 5.17 Å². The second-order valence-corrected chi connectivity index (χ2v) is 2.93. The summed E-state index contributed by atoms with van der Waals surface area (Å²) in [6, 6.07) is 7.26. The van der Waals surface area contributed by atoms with Crippen molar-refractivity contribution in [2.24, 2.45) is 0 Å². The number of ether oxygens (including phenoxy) is 1. The number of thiocarbonyl (C=S) groups is 1. The lowest BCUT2D eigenvalue weighted by Crippen LogP contribution is -2.10. The molecule has 1 rings (SSSR count). The van der Waals surface area contributed by atoms with E-state index < -0.39 is 0 Å². The molecule has 0 saturated heterocycles. The highest BCUT2D eigenvalue weighted by atomic mass is 35.5. The first-order chi connectivity index (χ1) is 5.72. The van der Waals surface area contributed by atoms with Crippen molar-refractivity contribution in [3.05, 3.63) is 29.3 Å². The molecule has 0 aliphatic heterocycles. The normalized spacial score (nSPS) is 9.17. The molecule has 0 aromatic heterocycles. The van der Waals surface area contributed by atoms with Crippen LogP contribution in [0.2, 0.25) is 5.02 Å². The van der Waals surface area contributed by atoms with Gasteiger partial charge in [0.1, 0.15) is 0 Å². The van der Waals surface area contributed by atoms with Crippen LogP contribution < -0.4 is 5.32 Å². The quantitative estimate of drug-likeness (QED) is 0.706. The van der Waals surface area contributed by atoms with E-state index in [1.54, 1.807) is 12.1 Å². The van der Waals surface area contributed by atoms with Crippen molar-refractivity contribution in [1.29, 1.82) is 0 Å². The molecule has 12 heavy (non-hydrogen) atoms. The van der Waals surface area contributed by atoms with Crippen LogP contribution in [0.4, 0.5) is 5.69 Å². The monoisotopic (exact) mass is 201 g/mol. The zero-order valence-corrected chi connectivity index (χ0v) is 8.08. The molecule has 64 valence electrons. The van der Waals surface area contributed by atoms with Gasteiger partial charge >= 0.3 is 0 Å². The molecule has 0 aliphatic carbocycles. The summed E-state index contributed by atoms with van der Waals surface area (Å²) < 4.78 is 4.77. The first kappa shape index (κ1) is 9.29. The fourth-order valence-electron chi connectivity index (χ4n) is 0.735. The highest BCUT2D eigenvalue weighted by molar-refractivity contribution is 7.80. The Hall–Kier alpha value is -0.800. The summed E-state index contributed by atoms with van der Waals surface area (Å²) >= 11 is 10.6. The maximum Gasteiger partial charge on any atom is 0.260 e. The van der Waals surface area contributed by atoms with Gasteiger partial charge in [-0.05, 0) is 30.4 Å². The molecule has 0 bridgehead atoms. The Bertz CT molecular complexity index is 290. The topological polar surface area (TPSA) is 21.3 Å². The van der Waals surface area contributed by atoms with Gasteiger partial charge in [0, 0.05) is 10.7 Å². The van der Waals surface area contributed by atoms with Crippen LogP contribution in [-0.4, -0.2) is 12.3 Å². The predicted octanol–water partition coefficient (Wildman–Crippen LogP) is 2.68. The Labute approximate surface area is 81.5 Å². The number of nitrogens with one attached hydrogen (secondary N) is 1. The summed E-state index contributed by atoms with van der Waals surface area (Å²) in [4.78, 5) is 0. The van der Waals surface area contributed by atoms with Crippen LogP contribution in [0.3, 0.4) is 0 Å². The molecular formula is C8H8ClNOS. The summed E-state index contributed by atoms with van der Waals surface area (Å²) in [7, 11) is 1.51. The van der Waals surface area contributed by atoms with Crippen molar-refractivity contribution in [1.82, 2.24) is 0 Å². The number of anilines is 1. The maximum absolute atomic E-state index is 5.75. The number of rotatable bonds is 1. The molecule has 0 amide bonds. The molecule has 1 N–H and O–H groups in total. The van der Waals surface area contributed by atoms with Gasteiger partial charge in [-0.3, -0.25) is 0 Å². The van der Waals surface area contributed by atoms with E-state index in [9.17, 15) is 0 Å². The molecule has 0 aliphatic rings. The van der Waals surface area contributed by atoms with Crippen molar-refractivity contribution >= 4 is 34.7 Å². The Morgan fingerprint density at radius 2 is 2.33 bits per heavy atom. The van der Waals surface area contributed by atoms with E-state index in [-0.39, 0.29) is 0 Å². The number of benzene rings is 1. The Morgan fingerprint density at radius 1 is 1.58 bits per heavy atom. The summed E-state index contributed by atoms with van der Waals surface area (Å²) in [5, 5.41) is 3.85. The third-order valence-electron chi connectivity index (χ3n) is 1.26. The van der Waals surface area contributed by atoms with Crippen LogP contribution in [0, 0.1) is 0 Å². The average Bonchev–Trinajstić information content (AvgIpc) is 2.04. The van der Waals surface area contributed by atoms with Crippen LogP contribution in [0.15, 0.2) is 24.3 Å². The number of methoxy groups -OCH3 is 1. The third kappa shape index (κ3) is 2.68. The first-order valence-corrected chi connectivity index (χ1v) is 4.11. The second-order valence-electron chi connectivity index (χ2n) is 2.13. The van der Waals surface area contributed by atoms with E-state index in [1.807, 2.05) is 12.1 Å². The lowest BCUT2D eigenvalue weighted by atomic mass is 10.3. The maximum atomic E-state index is 5.75. The lowest BCUT2D eigenvalue weighted by Gasteiger charge is -2.05. The Balaban J connectivity index is 2.69. The smallest absolute Gasteiger partial charge is 0.260 e. The van der Waals surface area contributed by atoms with Crippen LogP contribution >= 0.6 is 23.8 Å². The van der Waals surface area contributed by atoms with Crippen LogP contribution in [-0.2, 0) is 4.74 Å². The van der Waals surface area contributed by atoms with Gasteiger partial charge in [0.2, 0.25) is 0 Å². The highest BCUT2D eigenvalue weighted by Gasteiger charge is 1.95. The van der Waals surface area contributed by atoms with Crippen LogP contribution in [0.1, 0.15) is 0 Å². The van der Waals surface area contributed by atoms with Gasteiger partial charge in [-0.25, -0.2) is 0 Å². The molecule has 0 fully saturated rings. The van der Waals surface area contributed by atoms with Crippen molar-refractivity contribution < 1.29 is 4.74 Å². The van der Waals surface area contributed by atoms with E-state index in [1.165, 1.54) is 7.11 Å². The third-order valence-corrected chi connectivity index (χ3v) is 1.76. The van der Waals surface area contributed by atoms with E-state index in [0.717, 1.165) is 5.69 Å². The summed E-state index contributed by atoms with van der Waals surface area (Å²) in [5.41, 5.74) is 0.828. The number of hydrogen-bond donors (Lipinski definition) is 1.